The Hall–Kier alpha value is -2.44. The number of piperidine rings is 1. The molecule has 0 aromatic heterocycles. The summed E-state index contributed by atoms with van der Waals surface area (Å²) in [5.74, 6) is -0.565. The molecule has 2 rings (SSSR count). The lowest BCUT2D eigenvalue weighted by atomic mass is 10.0. The molecule has 1 heterocycles. The third kappa shape index (κ3) is 4.77. The van der Waals surface area contributed by atoms with E-state index in [1.54, 1.807) is 6.07 Å². The van der Waals surface area contributed by atoms with Crippen molar-refractivity contribution in [1.82, 2.24) is 4.90 Å². The molecule has 0 radical (unpaired) electrons. The Morgan fingerprint density at radius 3 is 2.48 bits per heavy atom. The van der Waals surface area contributed by atoms with Crippen LogP contribution in [0.25, 0.3) is 0 Å². The van der Waals surface area contributed by atoms with Crippen molar-refractivity contribution in [2.75, 3.05) is 13.1 Å². The number of hydrogen-bond donors (Lipinski definition) is 1. The number of amides is 2. The average molecular weight is 319 g/mol. The molecule has 1 aliphatic heterocycles. The number of likely N-dealkylation sites (tertiary alicyclic amines) is 1. The highest BCUT2D eigenvalue weighted by atomic mass is 16.6. The van der Waals surface area contributed by atoms with E-state index in [2.05, 4.69) is 0 Å². The van der Waals surface area contributed by atoms with Gasteiger partial charge < -0.3 is 10.6 Å². The summed E-state index contributed by atoms with van der Waals surface area (Å²) in [6, 6.07) is 4.16. The molecule has 0 unspecified atom stereocenters. The molecule has 0 atom stereocenters. The van der Waals surface area contributed by atoms with Crippen molar-refractivity contribution in [1.29, 1.82) is 0 Å². The van der Waals surface area contributed by atoms with Crippen molar-refractivity contribution in [3.63, 3.8) is 0 Å². The van der Waals surface area contributed by atoms with Crippen LogP contribution in [0.3, 0.4) is 0 Å². The first-order valence-corrected chi connectivity index (χ1v) is 7.83. The largest absolute Gasteiger partial charge is 0.366 e. The molecule has 1 fully saturated rings. The van der Waals surface area contributed by atoms with Gasteiger partial charge in [-0.25, -0.2) is 0 Å². The summed E-state index contributed by atoms with van der Waals surface area (Å²) in [5.41, 5.74) is 5.82. The average Bonchev–Trinajstić information content (AvgIpc) is 2.55. The van der Waals surface area contributed by atoms with Crippen LogP contribution in [-0.2, 0) is 11.2 Å². The van der Waals surface area contributed by atoms with Gasteiger partial charge in [0.15, 0.2) is 0 Å². The fraction of sp³-hybridized carbons (Fsp3) is 0.500. The quantitative estimate of drug-likeness (QED) is 0.639. The third-order valence-corrected chi connectivity index (χ3v) is 4.04. The third-order valence-electron chi connectivity index (χ3n) is 4.04. The Labute approximate surface area is 134 Å². The van der Waals surface area contributed by atoms with Gasteiger partial charge in [0, 0.05) is 37.2 Å². The molecule has 1 aromatic rings. The van der Waals surface area contributed by atoms with Crippen molar-refractivity contribution in [2.24, 2.45) is 5.73 Å². The van der Waals surface area contributed by atoms with Crippen molar-refractivity contribution < 1.29 is 14.5 Å². The Morgan fingerprint density at radius 1 is 1.17 bits per heavy atom. The van der Waals surface area contributed by atoms with E-state index in [0.29, 0.717) is 24.8 Å². The lowest BCUT2D eigenvalue weighted by molar-refractivity contribution is -0.384. The van der Waals surface area contributed by atoms with Crippen LogP contribution < -0.4 is 5.73 Å². The van der Waals surface area contributed by atoms with Crippen molar-refractivity contribution >= 4 is 17.5 Å². The highest BCUT2D eigenvalue weighted by molar-refractivity contribution is 5.93. The van der Waals surface area contributed by atoms with E-state index >= 15 is 0 Å². The highest BCUT2D eigenvalue weighted by Crippen LogP contribution is 2.19. The number of carbonyl (C=O) groups is 2. The molecule has 1 aromatic carbocycles. The number of hydrogen-bond acceptors (Lipinski definition) is 4. The molecule has 0 bridgehead atoms. The maximum absolute atomic E-state index is 12.1. The molecule has 1 aliphatic rings. The van der Waals surface area contributed by atoms with Crippen LogP contribution in [0.2, 0.25) is 0 Å². The van der Waals surface area contributed by atoms with Gasteiger partial charge in [0.05, 0.1) is 4.92 Å². The molecule has 23 heavy (non-hydrogen) atoms. The van der Waals surface area contributed by atoms with Gasteiger partial charge in [0.2, 0.25) is 11.8 Å². The summed E-state index contributed by atoms with van der Waals surface area (Å²) in [7, 11) is 0. The normalized spacial score (nSPS) is 14.5. The zero-order valence-electron chi connectivity index (χ0n) is 13.0. The van der Waals surface area contributed by atoms with Gasteiger partial charge >= 0.3 is 0 Å². The van der Waals surface area contributed by atoms with E-state index in [1.807, 2.05) is 4.90 Å². The predicted molar refractivity (Wildman–Crippen MR) is 85.0 cm³/mol. The summed E-state index contributed by atoms with van der Waals surface area (Å²) >= 11 is 0. The van der Waals surface area contributed by atoms with E-state index < -0.39 is 10.8 Å². The van der Waals surface area contributed by atoms with E-state index in [4.69, 9.17) is 5.73 Å². The topological polar surface area (TPSA) is 107 Å². The van der Waals surface area contributed by atoms with Crippen molar-refractivity contribution in [2.45, 2.75) is 38.5 Å². The Bertz CT molecular complexity index is 577. The molecule has 2 N–H and O–H groups in total. The monoisotopic (exact) mass is 319 g/mol. The maximum Gasteiger partial charge on any atom is 0.270 e. The van der Waals surface area contributed by atoms with Crippen LogP contribution in [0, 0.1) is 10.1 Å². The minimum atomic E-state index is -0.695. The van der Waals surface area contributed by atoms with Gasteiger partial charge in [0.25, 0.3) is 5.69 Å². The number of aryl methyl sites for hydroxylation is 1. The Morgan fingerprint density at radius 2 is 1.87 bits per heavy atom. The number of nitro groups is 1. The second-order valence-electron chi connectivity index (χ2n) is 5.80. The minimum absolute atomic E-state index is 0.122. The zero-order valence-corrected chi connectivity index (χ0v) is 13.0. The summed E-state index contributed by atoms with van der Waals surface area (Å²) < 4.78 is 0. The van der Waals surface area contributed by atoms with E-state index in [-0.39, 0.29) is 17.2 Å². The molecule has 0 spiro atoms. The first-order chi connectivity index (χ1) is 11.0. The summed E-state index contributed by atoms with van der Waals surface area (Å²) in [6.07, 6.45) is 4.79. The molecule has 0 aliphatic carbocycles. The number of nitrogens with two attached hydrogens (primary N) is 1. The smallest absolute Gasteiger partial charge is 0.270 e. The van der Waals surface area contributed by atoms with Crippen LogP contribution >= 0.6 is 0 Å². The number of nitrogens with zero attached hydrogens (tertiary/aromatic N) is 2. The van der Waals surface area contributed by atoms with Gasteiger partial charge in [-0.2, -0.15) is 0 Å². The van der Waals surface area contributed by atoms with Gasteiger partial charge in [-0.1, -0.05) is 0 Å². The fourth-order valence-corrected chi connectivity index (χ4v) is 2.81. The fourth-order valence-electron chi connectivity index (χ4n) is 2.81. The van der Waals surface area contributed by atoms with E-state index in [1.165, 1.54) is 18.6 Å². The lowest BCUT2D eigenvalue weighted by Gasteiger charge is -2.26. The number of rotatable bonds is 6. The van der Waals surface area contributed by atoms with E-state index in [0.717, 1.165) is 25.9 Å². The Kier molecular flexibility index (Phi) is 5.67. The second kappa shape index (κ2) is 7.71. The Balaban J connectivity index is 1.95. The van der Waals surface area contributed by atoms with Gasteiger partial charge in [-0.3, -0.25) is 19.7 Å². The molecule has 7 nitrogen and oxygen atoms in total. The number of carbonyl (C=O) groups excluding carboxylic acids is 2. The molecule has 7 heteroatoms. The molecule has 2 amide bonds. The molecule has 1 saturated heterocycles. The standard InChI is InChI=1S/C16H21N3O4/c17-16(21)13-9-12(10-14(11-13)19(22)23)5-4-6-15(20)18-7-2-1-3-8-18/h9-11H,1-8H2,(H2,17,21). The van der Waals surface area contributed by atoms with Crippen LogP contribution in [0.4, 0.5) is 5.69 Å². The van der Waals surface area contributed by atoms with Gasteiger partial charge in [-0.05, 0) is 43.7 Å². The highest BCUT2D eigenvalue weighted by Gasteiger charge is 2.17. The van der Waals surface area contributed by atoms with Crippen LogP contribution in [0.5, 0.6) is 0 Å². The number of nitro benzene ring substituents is 1. The summed E-state index contributed by atoms with van der Waals surface area (Å²) in [4.78, 5) is 35.6. The summed E-state index contributed by atoms with van der Waals surface area (Å²) in [5, 5.41) is 10.9. The van der Waals surface area contributed by atoms with E-state index in [9.17, 15) is 19.7 Å². The van der Waals surface area contributed by atoms with Crippen LogP contribution in [0.1, 0.15) is 48.0 Å². The predicted octanol–water partition coefficient (Wildman–Crippen LogP) is 2.03. The molecule has 0 saturated carbocycles. The van der Waals surface area contributed by atoms with Gasteiger partial charge in [0.1, 0.15) is 0 Å². The SMILES string of the molecule is NC(=O)c1cc(CCCC(=O)N2CCCCC2)cc([N+](=O)[O-])c1. The lowest BCUT2D eigenvalue weighted by Crippen LogP contribution is -2.35. The number of non-ortho nitro benzene ring substituents is 1. The molecular formula is C16H21N3O4. The van der Waals surface area contributed by atoms with Gasteiger partial charge in [-0.15, -0.1) is 0 Å². The first-order valence-electron chi connectivity index (χ1n) is 7.83. The minimum Gasteiger partial charge on any atom is -0.366 e. The first kappa shape index (κ1) is 16.9. The second-order valence-corrected chi connectivity index (χ2v) is 5.80. The maximum atomic E-state index is 12.1. The molecule has 124 valence electrons. The summed E-state index contributed by atoms with van der Waals surface area (Å²) in [6.45, 7) is 1.64. The molecular weight excluding hydrogens is 298 g/mol. The number of benzene rings is 1. The van der Waals surface area contributed by atoms with Crippen molar-refractivity contribution in [3.05, 3.63) is 39.4 Å². The zero-order chi connectivity index (χ0) is 16.8. The van der Waals surface area contributed by atoms with Crippen LogP contribution in [-0.4, -0.2) is 34.7 Å². The van der Waals surface area contributed by atoms with Crippen molar-refractivity contribution in [3.8, 4) is 0 Å². The van der Waals surface area contributed by atoms with Crippen LogP contribution in [0.15, 0.2) is 18.2 Å². The number of primary amides is 1.